The minimum atomic E-state index is -1.02. The molecule has 1 aromatic carbocycles. The number of carbonyl (C=O) groups excluding carboxylic acids is 5. The maximum atomic E-state index is 13.6. The van der Waals surface area contributed by atoms with Gasteiger partial charge in [0, 0.05) is 56.3 Å². The molecule has 2 saturated heterocycles. The van der Waals surface area contributed by atoms with E-state index < -0.39 is 29.7 Å². The Hall–Kier alpha value is -6.54. The van der Waals surface area contributed by atoms with Gasteiger partial charge >= 0.3 is 0 Å². The van der Waals surface area contributed by atoms with Crippen LogP contribution in [0.3, 0.4) is 0 Å². The summed E-state index contributed by atoms with van der Waals surface area (Å²) in [6.07, 6.45) is 8.16. The maximum Gasteiger partial charge on any atom is 0.264 e. The fourth-order valence-electron chi connectivity index (χ4n) is 8.68. The zero-order chi connectivity index (χ0) is 40.1. The molecule has 16 nitrogen and oxygen atoms in total. The molecule has 3 aliphatic heterocycles. The summed E-state index contributed by atoms with van der Waals surface area (Å²) in [5.41, 5.74) is 5.70. The molecule has 9 rings (SSSR count). The summed E-state index contributed by atoms with van der Waals surface area (Å²) in [6, 6.07) is 13.9. The maximum absolute atomic E-state index is 13.6. The molecule has 4 aliphatic rings. The number of benzene rings is 1. The third-order valence-corrected chi connectivity index (χ3v) is 12.9. The van der Waals surface area contributed by atoms with E-state index in [0.29, 0.717) is 37.2 Å². The number of imide groups is 2. The molecule has 7 heterocycles. The zero-order valence-corrected chi connectivity index (χ0v) is 32.4. The van der Waals surface area contributed by atoms with E-state index in [1.54, 1.807) is 40.2 Å². The van der Waals surface area contributed by atoms with E-state index in [9.17, 15) is 29.2 Å². The third kappa shape index (κ3) is 6.62. The number of hydrogen-bond acceptors (Lipinski definition) is 13. The van der Waals surface area contributed by atoms with Crippen molar-refractivity contribution in [1.82, 2.24) is 40.3 Å². The van der Waals surface area contributed by atoms with Gasteiger partial charge in [0.05, 0.1) is 51.0 Å². The first-order valence-electron chi connectivity index (χ1n) is 19.5. The molecule has 294 valence electrons. The molecule has 0 radical (unpaired) electrons. The molecule has 1 aliphatic carbocycles. The van der Waals surface area contributed by atoms with Crippen molar-refractivity contribution in [3.63, 3.8) is 0 Å². The molecular weight excluding hydrogens is 759 g/mol. The number of rotatable bonds is 8. The number of aromatic nitrogens is 5. The topological polar surface area (TPSA) is 208 Å². The second-order valence-corrected chi connectivity index (χ2v) is 16.2. The molecule has 17 heteroatoms. The number of piperidine rings is 2. The molecule has 3 N–H and O–H groups in total. The quantitative estimate of drug-likeness (QED) is 0.188. The number of anilines is 2. The van der Waals surface area contributed by atoms with Crippen LogP contribution in [0.2, 0.25) is 0 Å². The average Bonchev–Trinajstić information content (AvgIpc) is 3.97. The highest BCUT2D eigenvalue weighted by molar-refractivity contribution is 7.14. The van der Waals surface area contributed by atoms with Crippen molar-refractivity contribution in [1.29, 1.82) is 5.26 Å². The van der Waals surface area contributed by atoms with E-state index in [4.69, 9.17) is 4.98 Å². The highest BCUT2D eigenvalue weighted by Crippen LogP contribution is 2.40. The highest BCUT2D eigenvalue weighted by atomic mass is 32.1. The van der Waals surface area contributed by atoms with Crippen molar-refractivity contribution >= 4 is 57.8 Å². The molecule has 5 amide bonds. The van der Waals surface area contributed by atoms with Crippen LogP contribution in [-0.2, 0) is 14.4 Å². The van der Waals surface area contributed by atoms with Crippen LogP contribution in [0.4, 0.5) is 11.4 Å². The van der Waals surface area contributed by atoms with Gasteiger partial charge in [-0.1, -0.05) is 17.4 Å². The van der Waals surface area contributed by atoms with Crippen LogP contribution in [0.15, 0.2) is 54.9 Å². The van der Waals surface area contributed by atoms with Crippen molar-refractivity contribution in [2.45, 2.75) is 69.4 Å². The first kappa shape index (κ1) is 37.1. The summed E-state index contributed by atoms with van der Waals surface area (Å²) < 4.78 is 1.76. The fourth-order valence-corrected chi connectivity index (χ4v) is 9.72. The SMILES string of the molecule is CNc1cc(-c2ccc3cc(C#N)cnn23)ncc1-c1nnc([C@H]2CC[C@@H](NC(=O)C3CCN(c4cccc5c4C(=O)N(C4CCC(=O)NC4=O)C5=O)CC3)CC2)s1. The average molecular weight is 798 g/mol. The fraction of sp³-hybridized carbons (Fsp3) is 0.366. The molecule has 3 fully saturated rings. The Labute approximate surface area is 336 Å². The van der Waals surface area contributed by atoms with Gasteiger partial charge in [0.25, 0.3) is 11.8 Å². The van der Waals surface area contributed by atoms with E-state index in [1.807, 2.05) is 36.2 Å². The van der Waals surface area contributed by atoms with Crippen LogP contribution in [0.25, 0.3) is 27.5 Å². The van der Waals surface area contributed by atoms with Crippen LogP contribution >= 0.6 is 11.3 Å². The van der Waals surface area contributed by atoms with E-state index in [0.717, 1.165) is 68.8 Å². The van der Waals surface area contributed by atoms with Crippen LogP contribution in [0, 0.1) is 17.2 Å². The second kappa shape index (κ2) is 15.1. The van der Waals surface area contributed by atoms with Gasteiger partial charge in [0.2, 0.25) is 17.7 Å². The first-order chi connectivity index (χ1) is 28.2. The Bertz CT molecular complexity index is 2540. The van der Waals surface area contributed by atoms with E-state index in [2.05, 4.69) is 37.3 Å². The minimum absolute atomic E-state index is 0.0428. The first-order valence-corrected chi connectivity index (χ1v) is 20.3. The molecule has 5 aromatic rings. The number of fused-ring (bicyclic) bond motifs is 2. The lowest BCUT2D eigenvalue weighted by Crippen LogP contribution is -2.54. The van der Waals surface area contributed by atoms with Gasteiger partial charge in [-0.3, -0.25) is 39.2 Å². The monoisotopic (exact) mass is 797 g/mol. The molecule has 58 heavy (non-hydrogen) atoms. The Kier molecular flexibility index (Phi) is 9.64. The summed E-state index contributed by atoms with van der Waals surface area (Å²) in [7, 11) is 1.86. The predicted molar refractivity (Wildman–Crippen MR) is 213 cm³/mol. The molecule has 1 saturated carbocycles. The Balaban J connectivity index is 0.787. The molecule has 1 atom stereocenters. The van der Waals surface area contributed by atoms with Crippen molar-refractivity contribution in [3.05, 3.63) is 76.6 Å². The summed E-state index contributed by atoms with van der Waals surface area (Å²) >= 11 is 1.57. The van der Waals surface area contributed by atoms with Crippen molar-refractivity contribution < 1.29 is 24.0 Å². The minimum Gasteiger partial charge on any atom is -0.387 e. The lowest BCUT2D eigenvalue weighted by atomic mass is 9.86. The number of amides is 5. The third-order valence-electron chi connectivity index (χ3n) is 11.8. The standard InChI is InChI=1S/C41H39N11O5S/c1-43-29-18-30(31-10-9-26-17-22(19-42)20-45-52(26)31)44-21-28(29)39-49-48-38(58-39)24-5-7-25(8-6-24)46-36(54)23-13-15-50(16-14-23)32-4-2-3-27-35(32)41(57)51(40(27)56)33-11-12-34(53)47-37(33)55/h2-4,9-10,17-18,20-21,23-25,33H,5-8,11-16H2,1H3,(H,43,44)(H,46,54)(H,47,53,55)/t24-,25+,33?. The summed E-state index contributed by atoms with van der Waals surface area (Å²) in [5.74, 6) is -1.99. The van der Waals surface area contributed by atoms with E-state index in [-0.39, 0.29) is 47.8 Å². The van der Waals surface area contributed by atoms with Crippen molar-refractivity contribution in [3.8, 4) is 28.0 Å². The summed E-state index contributed by atoms with van der Waals surface area (Å²) in [4.78, 5) is 72.4. The van der Waals surface area contributed by atoms with Gasteiger partial charge in [-0.05, 0) is 81.3 Å². The summed E-state index contributed by atoms with van der Waals surface area (Å²) in [5, 5.41) is 33.4. The summed E-state index contributed by atoms with van der Waals surface area (Å²) in [6.45, 7) is 1.08. The molecule has 0 spiro atoms. The van der Waals surface area contributed by atoms with Gasteiger partial charge in [-0.25, -0.2) is 4.52 Å². The normalized spacial score (nSPS) is 21.2. The highest BCUT2D eigenvalue weighted by Gasteiger charge is 2.46. The lowest BCUT2D eigenvalue weighted by molar-refractivity contribution is -0.136. The van der Waals surface area contributed by atoms with Crippen LogP contribution in [0.1, 0.15) is 88.6 Å². The number of nitriles is 1. The predicted octanol–water partition coefficient (Wildman–Crippen LogP) is 4.29. The van der Waals surface area contributed by atoms with E-state index in [1.165, 1.54) is 6.20 Å². The Morgan fingerprint density at radius 2 is 1.74 bits per heavy atom. The molecule has 0 bridgehead atoms. The number of hydrogen-bond donors (Lipinski definition) is 3. The molecule has 1 unspecified atom stereocenters. The number of pyridine rings is 1. The van der Waals surface area contributed by atoms with Crippen LogP contribution in [-0.4, -0.2) is 91.5 Å². The second-order valence-electron chi connectivity index (χ2n) is 15.2. The van der Waals surface area contributed by atoms with Crippen LogP contribution < -0.4 is 20.9 Å². The van der Waals surface area contributed by atoms with E-state index >= 15 is 0 Å². The molecule has 4 aromatic heterocycles. The van der Waals surface area contributed by atoms with Gasteiger partial charge in [0.1, 0.15) is 17.1 Å². The van der Waals surface area contributed by atoms with Gasteiger partial charge in [0.15, 0.2) is 5.01 Å². The lowest BCUT2D eigenvalue weighted by Gasteiger charge is -2.35. The van der Waals surface area contributed by atoms with Crippen molar-refractivity contribution in [2.24, 2.45) is 5.92 Å². The van der Waals surface area contributed by atoms with Gasteiger partial charge in [-0.15, -0.1) is 10.2 Å². The van der Waals surface area contributed by atoms with Crippen LogP contribution in [0.5, 0.6) is 0 Å². The van der Waals surface area contributed by atoms with Gasteiger partial charge < -0.3 is 15.5 Å². The smallest absolute Gasteiger partial charge is 0.264 e. The number of carbonyl (C=O) groups is 5. The largest absolute Gasteiger partial charge is 0.387 e. The zero-order valence-electron chi connectivity index (χ0n) is 31.6. The molecular formula is C41H39N11O5S. The number of nitrogens with zero attached hydrogens (tertiary/aromatic N) is 8. The number of nitrogens with one attached hydrogen (secondary N) is 3. The Morgan fingerprint density at radius 1 is 0.931 bits per heavy atom. The van der Waals surface area contributed by atoms with Crippen molar-refractivity contribution in [2.75, 3.05) is 30.4 Å². The van der Waals surface area contributed by atoms with Gasteiger partial charge in [-0.2, -0.15) is 10.4 Å². The Morgan fingerprint density at radius 3 is 2.50 bits per heavy atom.